The van der Waals surface area contributed by atoms with Gasteiger partial charge in [-0.15, -0.1) is 0 Å². The van der Waals surface area contributed by atoms with Crippen LogP contribution in [0.5, 0.6) is 5.75 Å². The van der Waals surface area contributed by atoms with E-state index in [0.29, 0.717) is 15.6 Å². The Hall–Kier alpha value is -1.94. The lowest BCUT2D eigenvalue weighted by atomic mass is 9.79. The SMILES string of the molecule is CC(C)(C)c1cc(C=Nc2ccccc2Sc2c(Cl)cccc2Cl)c(O)c(C(C)(C)C)c1. The second-order valence-corrected chi connectivity index (χ2v) is 11.7. The minimum absolute atomic E-state index is 0.0507. The average molecular weight is 487 g/mol. The van der Waals surface area contributed by atoms with Crippen molar-refractivity contribution in [3.63, 3.8) is 0 Å². The van der Waals surface area contributed by atoms with Crippen molar-refractivity contribution < 1.29 is 5.11 Å². The molecule has 0 aliphatic carbocycles. The molecule has 5 heteroatoms. The minimum atomic E-state index is -0.192. The summed E-state index contributed by atoms with van der Waals surface area (Å²) in [7, 11) is 0. The Morgan fingerprint density at radius 3 is 2.06 bits per heavy atom. The molecule has 0 aliphatic heterocycles. The molecule has 0 unspecified atom stereocenters. The van der Waals surface area contributed by atoms with E-state index in [1.165, 1.54) is 11.8 Å². The van der Waals surface area contributed by atoms with Crippen LogP contribution < -0.4 is 0 Å². The van der Waals surface area contributed by atoms with Crippen LogP contribution >= 0.6 is 35.0 Å². The molecule has 3 rings (SSSR count). The van der Waals surface area contributed by atoms with Gasteiger partial charge in [0.05, 0.1) is 15.7 Å². The number of halogens is 2. The zero-order valence-electron chi connectivity index (χ0n) is 19.3. The molecule has 0 bridgehead atoms. The van der Waals surface area contributed by atoms with Crippen LogP contribution in [0.3, 0.4) is 0 Å². The Bertz CT molecular complexity index is 1140. The van der Waals surface area contributed by atoms with Crippen LogP contribution in [0.25, 0.3) is 0 Å². The summed E-state index contributed by atoms with van der Waals surface area (Å²) in [4.78, 5) is 6.48. The van der Waals surface area contributed by atoms with Gasteiger partial charge in [0.25, 0.3) is 0 Å². The Kier molecular flexibility index (Phi) is 7.34. The Morgan fingerprint density at radius 2 is 1.47 bits per heavy atom. The third kappa shape index (κ3) is 5.70. The molecule has 2 nitrogen and oxygen atoms in total. The molecule has 0 aliphatic rings. The molecular weight excluding hydrogens is 457 g/mol. The van der Waals surface area contributed by atoms with E-state index in [4.69, 9.17) is 28.2 Å². The molecule has 168 valence electrons. The van der Waals surface area contributed by atoms with Crippen molar-refractivity contribution >= 4 is 46.9 Å². The van der Waals surface area contributed by atoms with Crippen molar-refractivity contribution in [1.82, 2.24) is 0 Å². The van der Waals surface area contributed by atoms with E-state index >= 15 is 0 Å². The van der Waals surface area contributed by atoms with Crippen LogP contribution in [0.4, 0.5) is 5.69 Å². The molecule has 3 aromatic carbocycles. The van der Waals surface area contributed by atoms with Gasteiger partial charge in [-0.05, 0) is 46.7 Å². The van der Waals surface area contributed by atoms with Gasteiger partial charge in [-0.3, -0.25) is 4.99 Å². The standard InChI is InChI=1S/C27H29Cl2NOS/c1-26(2,3)18-14-17(24(31)19(15-18)27(4,5)6)16-30-22-12-7-8-13-23(22)32-25-20(28)10-9-11-21(25)29/h7-16,31H,1-6H3. The quantitative estimate of drug-likeness (QED) is 0.373. The monoisotopic (exact) mass is 485 g/mol. The fraction of sp³-hybridized carbons (Fsp3) is 0.296. The number of aliphatic imine (C=N–C) groups is 1. The van der Waals surface area contributed by atoms with Crippen LogP contribution in [-0.4, -0.2) is 11.3 Å². The van der Waals surface area contributed by atoms with Crippen molar-refractivity contribution in [3.8, 4) is 5.75 Å². The number of benzene rings is 3. The topological polar surface area (TPSA) is 32.6 Å². The maximum atomic E-state index is 11.0. The van der Waals surface area contributed by atoms with Crippen molar-refractivity contribution in [2.75, 3.05) is 0 Å². The maximum Gasteiger partial charge on any atom is 0.128 e. The van der Waals surface area contributed by atoms with E-state index in [-0.39, 0.29) is 16.6 Å². The summed E-state index contributed by atoms with van der Waals surface area (Å²) < 4.78 is 0. The number of hydrogen-bond acceptors (Lipinski definition) is 3. The zero-order valence-corrected chi connectivity index (χ0v) is 21.7. The molecule has 0 heterocycles. The molecule has 32 heavy (non-hydrogen) atoms. The van der Waals surface area contributed by atoms with E-state index < -0.39 is 0 Å². The Labute approximate surface area is 205 Å². The molecule has 0 aromatic heterocycles. The van der Waals surface area contributed by atoms with Crippen molar-refractivity contribution in [1.29, 1.82) is 0 Å². The lowest BCUT2D eigenvalue weighted by Gasteiger charge is -2.27. The predicted molar refractivity (Wildman–Crippen MR) is 140 cm³/mol. The number of rotatable bonds is 4. The molecular formula is C27H29Cl2NOS. The number of para-hydroxylation sites is 1. The fourth-order valence-corrected chi connectivity index (χ4v) is 4.79. The van der Waals surface area contributed by atoms with Crippen LogP contribution in [-0.2, 0) is 10.8 Å². The molecule has 0 saturated heterocycles. The van der Waals surface area contributed by atoms with E-state index in [1.54, 1.807) is 6.21 Å². The number of nitrogens with zero attached hydrogens (tertiary/aromatic N) is 1. The van der Waals surface area contributed by atoms with Gasteiger partial charge in [0, 0.05) is 27.1 Å². The molecule has 3 aromatic rings. The fourth-order valence-electron chi connectivity index (χ4n) is 3.24. The molecule has 0 radical (unpaired) electrons. The molecule has 0 saturated carbocycles. The summed E-state index contributed by atoms with van der Waals surface area (Å²) in [6.07, 6.45) is 1.74. The molecule has 0 fully saturated rings. The second-order valence-electron chi connectivity index (χ2n) is 9.84. The van der Waals surface area contributed by atoms with Gasteiger partial charge in [-0.25, -0.2) is 0 Å². The van der Waals surface area contributed by atoms with E-state index in [0.717, 1.165) is 26.6 Å². The number of aromatic hydroxyl groups is 1. The van der Waals surface area contributed by atoms with Gasteiger partial charge < -0.3 is 5.11 Å². The lowest BCUT2D eigenvalue weighted by molar-refractivity contribution is 0.444. The van der Waals surface area contributed by atoms with Gasteiger partial charge >= 0.3 is 0 Å². The predicted octanol–water partition coefficient (Wildman–Crippen LogP) is 9.20. The summed E-state index contributed by atoms with van der Waals surface area (Å²) in [5, 5.41) is 12.2. The third-order valence-electron chi connectivity index (χ3n) is 5.15. The van der Waals surface area contributed by atoms with Crippen LogP contribution in [0.15, 0.2) is 69.4 Å². The van der Waals surface area contributed by atoms with Gasteiger partial charge in [0.2, 0.25) is 0 Å². The van der Waals surface area contributed by atoms with Crippen molar-refractivity contribution in [2.45, 2.75) is 62.2 Å². The first kappa shape index (κ1) is 24.7. The largest absolute Gasteiger partial charge is 0.507 e. The highest BCUT2D eigenvalue weighted by Crippen LogP contribution is 2.42. The molecule has 0 atom stereocenters. The number of hydrogen-bond donors (Lipinski definition) is 1. The molecule has 1 N–H and O–H groups in total. The molecule has 0 spiro atoms. The second kappa shape index (κ2) is 9.51. The zero-order chi connectivity index (χ0) is 23.7. The summed E-state index contributed by atoms with van der Waals surface area (Å²) in [5.41, 5.74) is 3.32. The van der Waals surface area contributed by atoms with Crippen molar-refractivity contribution in [3.05, 3.63) is 81.3 Å². The molecule has 0 amide bonds. The normalized spacial score (nSPS) is 12.5. The van der Waals surface area contributed by atoms with Crippen LogP contribution in [0.1, 0.15) is 58.2 Å². The van der Waals surface area contributed by atoms with Gasteiger partial charge in [0.1, 0.15) is 5.75 Å². The Morgan fingerprint density at radius 1 is 0.844 bits per heavy atom. The minimum Gasteiger partial charge on any atom is -0.507 e. The van der Waals surface area contributed by atoms with Gasteiger partial charge in [-0.1, -0.05) is 101 Å². The third-order valence-corrected chi connectivity index (χ3v) is 7.22. The first-order valence-electron chi connectivity index (χ1n) is 10.5. The van der Waals surface area contributed by atoms with E-state index in [1.807, 2.05) is 48.5 Å². The highest BCUT2D eigenvalue weighted by molar-refractivity contribution is 7.99. The average Bonchev–Trinajstić information content (AvgIpc) is 2.69. The highest BCUT2D eigenvalue weighted by atomic mass is 35.5. The first-order chi connectivity index (χ1) is 14.9. The summed E-state index contributed by atoms with van der Waals surface area (Å²) in [6.45, 7) is 12.8. The maximum absolute atomic E-state index is 11.0. The smallest absolute Gasteiger partial charge is 0.128 e. The number of phenols is 1. The van der Waals surface area contributed by atoms with E-state index in [2.05, 4.69) is 47.6 Å². The highest BCUT2D eigenvalue weighted by Gasteiger charge is 2.24. The van der Waals surface area contributed by atoms with Crippen molar-refractivity contribution in [2.24, 2.45) is 4.99 Å². The van der Waals surface area contributed by atoms with Crippen LogP contribution in [0, 0.1) is 0 Å². The van der Waals surface area contributed by atoms with Crippen LogP contribution in [0.2, 0.25) is 10.0 Å². The summed E-state index contributed by atoms with van der Waals surface area (Å²) in [6, 6.07) is 17.4. The van der Waals surface area contributed by atoms with Gasteiger partial charge in [-0.2, -0.15) is 0 Å². The van der Waals surface area contributed by atoms with E-state index in [9.17, 15) is 5.11 Å². The lowest BCUT2D eigenvalue weighted by Crippen LogP contribution is -2.17. The van der Waals surface area contributed by atoms with Gasteiger partial charge in [0.15, 0.2) is 0 Å². The summed E-state index contributed by atoms with van der Waals surface area (Å²) in [5.74, 6) is 0.272. The number of phenolic OH excluding ortho intramolecular Hbond substituents is 1. The summed E-state index contributed by atoms with van der Waals surface area (Å²) >= 11 is 14.2. The Balaban J connectivity index is 2.05. The first-order valence-corrected chi connectivity index (χ1v) is 12.1.